The topological polar surface area (TPSA) is 60.2 Å². The number of hydrogen-bond acceptors (Lipinski definition) is 4. The molecule has 0 radical (unpaired) electrons. The van der Waals surface area contributed by atoms with Crippen molar-refractivity contribution in [3.05, 3.63) is 17.6 Å². The van der Waals surface area contributed by atoms with Gasteiger partial charge in [-0.2, -0.15) is 0 Å². The van der Waals surface area contributed by atoms with Crippen LogP contribution in [0.15, 0.2) is 6.33 Å². The highest BCUT2D eigenvalue weighted by atomic mass is 16.5. The minimum atomic E-state index is 0.0555. The van der Waals surface area contributed by atoms with Gasteiger partial charge in [-0.05, 0) is 32.3 Å². The summed E-state index contributed by atoms with van der Waals surface area (Å²) in [7, 11) is 0. The molecule has 152 valence electrons. The maximum absolute atomic E-state index is 12.2. The molecular weight excluding hydrogens is 352 g/mol. The van der Waals surface area contributed by atoms with E-state index >= 15 is 0 Å². The number of amides is 1. The van der Waals surface area contributed by atoms with Crippen molar-refractivity contribution in [2.24, 2.45) is 5.92 Å². The first-order chi connectivity index (χ1) is 13.5. The summed E-state index contributed by atoms with van der Waals surface area (Å²) >= 11 is 0. The van der Waals surface area contributed by atoms with Crippen molar-refractivity contribution < 1.29 is 9.53 Å². The van der Waals surface area contributed by atoms with Gasteiger partial charge in [0.25, 0.3) is 0 Å². The fourth-order valence-electron chi connectivity index (χ4n) is 4.81. The van der Waals surface area contributed by atoms with Crippen molar-refractivity contribution in [3.8, 4) is 5.88 Å². The van der Waals surface area contributed by atoms with Crippen LogP contribution in [0.4, 0.5) is 0 Å². The molecule has 2 aliphatic rings. The Morgan fingerprint density at radius 3 is 2.43 bits per heavy atom. The summed E-state index contributed by atoms with van der Waals surface area (Å²) in [6.07, 6.45) is 8.49. The zero-order chi connectivity index (χ0) is 19.8. The van der Waals surface area contributed by atoms with Crippen molar-refractivity contribution in [1.82, 2.24) is 19.4 Å². The molecule has 6 heteroatoms. The molecule has 6 nitrogen and oxygen atoms in total. The van der Waals surface area contributed by atoms with Crippen molar-refractivity contribution in [3.63, 3.8) is 0 Å². The maximum atomic E-state index is 12.2. The van der Waals surface area contributed by atoms with E-state index < -0.39 is 0 Å². The second kappa shape index (κ2) is 7.72. The minimum absolute atomic E-state index is 0.0555. The summed E-state index contributed by atoms with van der Waals surface area (Å²) < 4.78 is 8.78. The van der Waals surface area contributed by atoms with Crippen molar-refractivity contribution in [2.45, 2.75) is 78.4 Å². The van der Waals surface area contributed by atoms with Gasteiger partial charge in [0, 0.05) is 43.6 Å². The van der Waals surface area contributed by atoms with E-state index in [2.05, 4.69) is 28.4 Å². The SMILES string of the molecule is Cc1c(C)n(C2CCCC2)c2ncnc(OC3CCN(C(=O)C(C)C)CC3)c12. The van der Waals surface area contributed by atoms with Crippen LogP contribution in [0, 0.1) is 19.8 Å². The molecule has 1 saturated carbocycles. The van der Waals surface area contributed by atoms with Gasteiger partial charge >= 0.3 is 0 Å². The number of nitrogens with zero attached hydrogens (tertiary/aromatic N) is 4. The van der Waals surface area contributed by atoms with Gasteiger partial charge in [-0.25, -0.2) is 9.97 Å². The number of hydrogen-bond donors (Lipinski definition) is 0. The van der Waals surface area contributed by atoms with E-state index in [4.69, 9.17) is 4.74 Å². The van der Waals surface area contributed by atoms with Gasteiger partial charge in [-0.3, -0.25) is 4.79 Å². The smallest absolute Gasteiger partial charge is 0.226 e. The lowest BCUT2D eigenvalue weighted by Gasteiger charge is -2.33. The predicted octanol–water partition coefficient (Wildman–Crippen LogP) is 4.19. The number of ether oxygens (including phenoxy) is 1. The predicted molar refractivity (Wildman–Crippen MR) is 110 cm³/mol. The number of carbonyl (C=O) groups excluding carboxylic acids is 1. The summed E-state index contributed by atoms with van der Waals surface area (Å²) in [5.74, 6) is 0.999. The van der Waals surface area contributed by atoms with Gasteiger partial charge in [0.2, 0.25) is 11.8 Å². The first kappa shape index (κ1) is 19.2. The zero-order valence-electron chi connectivity index (χ0n) is 17.6. The van der Waals surface area contributed by atoms with E-state index in [1.807, 2.05) is 18.7 Å². The zero-order valence-corrected chi connectivity index (χ0v) is 17.6. The molecule has 0 bridgehead atoms. The second-order valence-corrected chi connectivity index (χ2v) is 8.69. The molecule has 0 unspecified atom stereocenters. The van der Waals surface area contributed by atoms with Crippen molar-refractivity contribution in [2.75, 3.05) is 13.1 Å². The Balaban J connectivity index is 1.55. The number of aromatic nitrogens is 3. The fourth-order valence-corrected chi connectivity index (χ4v) is 4.81. The number of piperidine rings is 1. The van der Waals surface area contributed by atoms with Crippen molar-refractivity contribution >= 4 is 16.9 Å². The maximum Gasteiger partial charge on any atom is 0.226 e. The Labute approximate surface area is 167 Å². The molecule has 1 aliphatic carbocycles. The fraction of sp³-hybridized carbons (Fsp3) is 0.682. The van der Waals surface area contributed by atoms with Crippen LogP contribution in [0.1, 0.15) is 69.7 Å². The number of aryl methyl sites for hydroxylation is 1. The first-order valence-corrected chi connectivity index (χ1v) is 10.7. The standard InChI is InChI=1S/C22H32N4O2/c1-14(2)22(27)25-11-9-18(10-12-25)28-21-19-15(3)16(4)26(17-7-5-6-8-17)20(19)23-13-24-21/h13-14,17-18H,5-12H2,1-4H3. The summed E-state index contributed by atoms with van der Waals surface area (Å²) in [6.45, 7) is 9.79. The summed E-state index contributed by atoms with van der Waals surface area (Å²) in [4.78, 5) is 23.3. The van der Waals surface area contributed by atoms with E-state index in [-0.39, 0.29) is 17.9 Å². The molecule has 2 fully saturated rings. The molecule has 1 aliphatic heterocycles. The average Bonchev–Trinajstić information content (AvgIpc) is 3.29. The van der Waals surface area contributed by atoms with E-state index in [9.17, 15) is 4.79 Å². The quantitative estimate of drug-likeness (QED) is 0.793. The third-order valence-corrected chi connectivity index (χ3v) is 6.52. The van der Waals surface area contributed by atoms with Gasteiger partial charge in [0.1, 0.15) is 18.1 Å². The lowest BCUT2D eigenvalue weighted by Crippen LogP contribution is -2.43. The summed E-state index contributed by atoms with van der Waals surface area (Å²) in [5, 5.41) is 1.06. The van der Waals surface area contributed by atoms with E-state index in [0.29, 0.717) is 11.9 Å². The third kappa shape index (κ3) is 3.38. The number of fused-ring (bicyclic) bond motifs is 1. The summed E-state index contributed by atoms with van der Waals surface area (Å²) in [5.41, 5.74) is 3.52. The lowest BCUT2D eigenvalue weighted by molar-refractivity contribution is -0.136. The van der Waals surface area contributed by atoms with Crippen LogP contribution in [0.3, 0.4) is 0 Å². The molecule has 28 heavy (non-hydrogen) atoms. The van der Waals surface area contributed by atoms with E-state index in [1.54, 1.807) is 6.33 Å². The van der Waals surface area contributed by atoms with Crippen LogP contribution in [-0.4, -0.2) is 44.5 Å². The molecule has 3 heterocycles. The molecule has 2 aromatic rings. The van der Waals surface area contributed by atoms with E-state index in [1.165, 1.54) is 36.9 Å². The summed E-state index contributed by atoms with van der Waals surface area (Å²) in [6, 6.07) is 0.546. The normalized spacial score (nSPS) is 19.1. The highest BCUT2D eigenvalue weighted by molar-refractivity contribution is 5.86. The van der Waals surface area contributed by atoms with Gasteiger partial charge in [0.05, 0.1) is 5.39 Å². The molecule has 4 rings (SSSR count). The van der Waals surface area contributed by atoms with Gasteiger partial charge in [-0.15, -0.1) is 0 Å². The van der Waals surface area contributed by atoms with Crippen LogP contribution >= 0.6 is 0 Å². The molecular formula is C22H32N4O2. The number of carbonyl (C=O) groups is 1. The van der Waals surface area contributed by atoms with Gasteiger partial charge < -0.3 is 14.2 Å². The minimum Gasteiger partial charge on any atom is -0.474 e. The molecule has 0 spiro atoms. The molecule has 0 atom stereocenters. The highest BCUT2D eigenvalue weighted by Gasteiger charge is 2.28. The number of likely N-dealkylation sites (tertiary alicyclic amines) is 1. The van der Waals surface area contributed by atoms with Crippen LogP contribution in [-0.2, 0) is 4.79 Å². The lowest BCUT2D eigenvalue weighted by atomic mass is 10.1. The monoisotopic (exact) mass is 384 g/mol. The highest BCUT2D eigenvalue weighted by Crippen LogP contribution is 2.38. The third-order valence-electron chi connectivity index (χ3n) is 6.52. The number of rotatable bonds is 4. The Hall–Kier alpha value is -2.11. The van der Waals surface area contributed by atoms with Crippen LogP contribution < -0.4 is 4.74 Å². The first-order valence-electron chi connectivity index (χ1n) is 10.7. The molecule has 0 aromatic carbocycles. The van der Waals surface area contributed by atoms with E-state index in [0.717, 1.165) is 37.0 Å². The van der Waals surface area contributed by atoms with Crippen molar-refractivity contribution in [1.29, 1.82) is 0 Å². The molecule has 0 N–H and O–H groups in total. The van der Waals surface area contributed by atoms with Crippen LogP contribution in [0.5, 0.6) is 5.88 Å². The Bertz CT molecular complexity index is 859. The Kier molecular flexibility index (Phi) is 5.30. The van der Waals surface area contributed by atoms with Crippen LogP contribution in [0.2, 0.25) is 0 Å². The molecule has 1 saturated heterocycles. The largest absolute Gasteiger partial charge is 0.474 e. The Morgan fingerprint density at radius 2 is 1.79 bits per heavy atom. The Morgan fingerprint density at radius 1 is 1.11 bits per heavy atom. The average molecular weight is 385 g/mol. The van der Waals surface area contributed by atoms with Gasteiger partial charge in [-0.1, -0.05) is 26.7 Å². The van der Waals surface area contributed by atoms with Gasteiger partial charge in [0.15, 0.2) is 0 Å². The molecule has 2 aromatic heterocycles. The second-order valence-electron chi connectivity index (χ2n) is 8.69. The van der Waals surface area contributed by atoms with Crippen LogP contribution in [0.25, 0.3) is 11.0 Å². The molecule has 1 amide bonds.